The second-order valence-corrected chi connectivity index (χ2v) is 5.19. The predicted octanol–water partition coefficient (Wildman–Crippen LogP) is 5.04. The Morgan fingerprint density at radius 1 is 0.818 bits per heavy atom. The summed E-state index contributed by atoms with van der Waals surface area (Å²) in [6.07, 6.45) is 3.54. The normalized spacial score (nSPS) is 11.0. The summed E-state index contributed by atoms with van der Waals surface area (Å²) < 4.78 is 13.9. The van der Waals surface area contributed by atoms with E-state index in [4.69, 9.17) is 0 Å². The molecule has 0 aliphatic carbocycles. The summed E-state index contributed by atoms with van der Waals surface area (Å²) in [5, 5.41) is 2.19. The van der Waals surface area contributed by atoms with Gasteiger partial charge in [-0.15, -0.1) is 0 Å². The standard InChI is InChI=1S/C19H13FN2/c20-18-4-2-1-3-17(18)15-7-5-14-12-16(8-6-13(14)11-15)19-21-9-10-22-19/h1-12H,(H,21,22). The molecule has 0 saturated heterocycles. The molecule has 0 fully saturated rings. The van der Waals surface area contributed by atoms with E-state index in [1.54, 1.807) is 24.5 Å². The fraction of sp³-hybridized carbons (Fsp3) is 0. The van der Waals surface area contributed by atoms with E-state index in [1.165, 1.54) is 6.07 Å². The first-order valence-corrected chi connectivity index (χ1v) is 7.10. The summed E-state index contributed by atoms with van der Waals surface area (Å²) in [6.45, 7) is 0. The van der Waals surface area contributed by atoms with E-state index in [1.807, 2.05) is 36.4 Å². The molecule has 106 valence electrons. The van der Waals surface area contributed by atoms with Crippen molar-refractivity contribution in [3.05, 3.63) is 78.9 Å². The van der Waals surface area contributed by atoms with Crippen LogP contribution in [0.15, 0.2) is 73.1 Å². The molecule has 1 heterocycles. The van der Waals surface area contributed by atoms with Crippen molar-refractivity contribution in [2.45, 2.75) is 0 Å². The highest BCUT2D eigenvalue weighted by atomic mass is 19.1. The minimum absolute atomic E-state index is 0.200. The molecular weight excluding hydrogens is 275 g/mol. The average molecular weight is 288 g/mol. The highest BCUT2D eigenvalue weighted by Gasteiger charge is 2.06. The number of aromatic amines is 1. The number of hydrogen-bond donors (Lipinski definition) is 1. The Kier molecular flexibility index (Phi) is 2.97. The van der Waals surface area contributed by atoms with Gasteiger partial charge in [0.1, 0.15) is 11.6 Å². The van der Waals surface area contributed by atoms with Crippen molar-refractivity contribution in [3.8, 4) is 22.5 Å². The fourth-order valence-corrected chi connectivity index (χ4v) is 2.68. The zero-order chi connectivity index (χ0) is 14.9. The van der Waals surface area contributed by atoms with Crippen molar-refractivity contribution in [2.75, 3.05) is 0 Å². The zero-order valence-corrected chi connectivity index (χ0v) is 11.8. The molecular formula is C19H13FN2. The molecule has 4 aromatic rings. The molecule has 0 radical (unpaired) electrons. The van der Waals surface area contributed by atoms with E-state index in [-0.39, 0.29) is 5.82 Å². The van der Waals surface area contributed by atoms with Gasteiger partial charge in [-0.25, -0.2) is 9.37 Å². The molecule has 22 heavy (non-hydrogen) atoms. The smallest absolute Gasteiger partial charge is 0.137 e. The first kappa shape index (κ1) is 12.8. The van der Waals surface area contributed by atoms with Crippen LogP contribution in [0.1, 0.15) is 0 Å². The maximum absolute atomic E-state index is 13.9. The van der Waals surface area contributed by atoms with Crippen LogP contribution in [0.2, 0.25) is 0 Å². The summed E-state index contributed by atoms with van der Waals surface area (Å²) in [5.74, 6) is 0.647. The second kappa shape index (κ2) is 5.11. The predicted molar refractivity (Wildman–Crippen MR) is 86.9 cm³/mol. The van der Waals surface area contributed by atoms with E-state index >= 15 is 0 Å². The van der Waals surface area contributed by atoms with Crippen LogP contribution < -0.4 is 0 Å². The number of benzene rings is 3. The third kappa shape index (κ3) is 2.17. The van der Waals surface area contributed by atoms with Crippen LogP contribution in [0.5, 0.6) is 0 Å². The van der Waals surface area contributed by atoms with Crippen LogP contribution in [0.4, 0.5) is 4.39 Å². The maximum Gasteiger partial charge on any atom is 0.137 e. The van der Waals surface area contributed by atoms with Crippen molar-refractivity contribution in [1.29, 1.82) is 0 Å². The largest absolute Gasteiger partial charge is 0.345 e. The molecule has 4 rings (SSSR count). The Morgan fingerprint density at radius 2 is 1.55 bits per heavy atom. The van der Waals surface area contributed by atoms with Crippen LogP contribution in [0.25, 0.3) is 33.3 Å². The second-order valence-electron chi connectivity index (χ2n) is 5.19. The number of imidazole rings is 1. The number of rotatable bonds is 2. The number of fused-ring (bicyclic) bond motifs is 1. The minimum Gasteiger partial charge on any atom is -0.345 e. The third-order valence-electron chi connectivity index (χ3n) is 3.80. The summed E-state index contributed by atoms with van der Waals surface area (Å²) in [6, 6.07) is 19.0. The molecule has 3 heteroatoms. The van der Waals surface area contributed by atoms with Crippen LogP contribution in [-0.2, 0) is 0 Å². The fourth-order valence-electron chi connectivity index (χ4n) is 2.68. The lowest BCUT2D eigenvalue weighted by atomic mass is 9.99. The number of nitrogens with zero attached hydrogens (tertiary/aromatic N) is 1. The van der Waals surface area contributed by atoms with Crippen LogP contribution in [-0.4, -0.2) is 9.97 Å². The molecule has 1 N–H and O–H groups in total. The monoisotopic (exact) mass is 288 g/mol. The van der Waals surface area contributed by atoms with Gasteiger partial charge in [-0.3, -0.25) is 0 Å². The molecule has 1 aromatic heterocycles. The Balaban J connectivity index is 1.83. The van der Waals surface area contributed by atoms with Gasteiger partial charge in [-0.05, 0) is 34.5 Å². The lowest BCUT2D eigenvalue weighted by molar-refractivity contribution is 0.631. The maximum atomic E-state index is 13.9. The molecule has 0 unspecified atom stereocenters. The Labute approximate surface area is 127 Å². The van der Waals surface area contributed by atoms with E-state index in [0.29, 0.717) is 5.56 Å². The summed E-state index contributed by atoms with van der Waals surface area (Å²) in [7, 11) is 0. The molecule has 0 spiro atoms. The molecule has 2 nitrogen and oxygen atoms in total. The Morgan fingerprint density at radius 3 is 2.27 bits per heavy atom. The van der Waals surface area contributed by atoms with E-state index in [2.05, 4.69) is 16.0 Å². The molecule has 0 aliphatic rings. The van der Waals surface area contributed by atoms with Crippen molar-refractivity contribution < 1.29 is 4.39 Å². The number of nitrogens with one attached hydrogen (secondary N) is 1. The number of aromatic nitrogens is 2. The lowest BCUT2D eigenvalue weighted by Crippen LogP contribution is -1.85. The molecule has 3 aromatic carbocycles. The van der Waals surface area contributed by atoms with E-state index < -0.39 is 0 Å². The third-order valence-corrected chi connectivity index (χ3v) is 3.80. The van der Waals surface area contributed by atoms with Crippen LogP contribution in [0.3, 0.4) is 0 Å². The topological polar surface area (TPSA) is 28.7 Å². The van der Waals surface area contributed by atoms with Crippen molar-refractivity contribution in [2.24, 2.45) is 0 Å². The van der Waals surface area contributed by atoms with Gasteiger partial charge in [0.15, 0.2) is 0 Å². The van der Waals surface area contributed by atoms with Gasteiger partial charge in [0.05, 0.1) is 0 Å². The van der Waals surface area contributed by atoms with Crippen LogP contribution >= 0.6 is 0 Å². The molecule has 0 bridgehead atoms. The van der Waals surface area contributed by atoms with Crippen molar-refractivity contribution in [1.82, 2.24) is 9.97 Å². The quantitative estimate of drug-likeness (QED) is 0.550. The summed E-state index contributed by atoms with van der Waals surface area (Å²) in [5.41, 5.74) is 2.55. The SMILES string of the molecule is Fc1ccccc1-c1ccc2cc(-c3ncc[nH]3)ccc2c1. The number of halogens is 1. The van der Waals surface area contributed by atoms with E-state index in [0.717, 1.165) is 27.7 Å². The van der Waals surface area contributed by atoms with Gasteiger partial charge in [0, 0.05) is 23.5 Å². The van der Waals surface area contributed by atoms with Gasteiger partial charge < -0.3 is 4.98 Å². The molecule has 0 atom stereocenters. The van der Waals surface area contributed by atoms with E-state index in [9.17, 15) is 4.39 Å². The summed E-state index contributed by atoms with van der Waals surface area (Å²) in [4.78, 5) is 7.37. The highest BCUT2D eigenvalue weighted by molar-refractivity contribution is 5.90. The van der Waals surface area contributed by atoms with Gasteiger partial charge in [0.25, 0.3) is 0 Å². The number of H-pyrrole nitrogens is 1. The Hall–Kier alpha value is -2.94. The molecule has 0 amide bonds. The first-order chi connectivity index (χ1) is 10.8. The van der Waals surface area contributed by atoms with Crippen molar-refractivity contribution in [3.63, 3.8) is 0 Å². The first-order valence-electron chi connectivity index (χ1n) is 7.10. The van der Waals surface area contributed by atoms with Crippen molar-refractivity contribution >= 4 is 10.8 Å². The highest BCUT2D eigenvalue weighted by Crippen LogP contribution is 2.28. The van der Waals surface area contributed by atoms with Gasteiger partial charge in [-0.1, -0.05) is 42.5 Å². The molecule has 0 saturated carbocycles. The van der Waals surface area contributed by atoms with Crippen LogP contribution in [0, 0.1) is 5.82 Å². The Bertz CT molecular complexity index is 943. The van der Waals surface area contributed by atoms with Gasteiger partial charge >= 0.3 is 0 Å². The zero-order valence-electron chi connectivity index (χ0n) is 11.8. The van der Waals surface area contributed by atoms with Gasteiger partial charge in [-0.2, -0.15) is 0 Å². The van der Waals surface area contributed by atoms with Gasteiger partial charge in [0.2, 0.25) is 0 Å². The average Bonchev–Trinajstić information content (AvgIpc) is 3.09. The number of hydrogen-bond acceptors (Lipinski definition) is 1. The lowest BCUT2D eigenvalue weighted by Gasteiger charge is -2.06. The minimum atomic E-state index is -0.200. The molecule has 0 aliphatic heterocycles. The summed E-state index contributed by atoms with van der Waals surface area (Å²) >= 11 is 0.